The second-order valence-corrected chi connectivity index (χ2v) is 6.38. The number of carbonyl (C=O) groups excluding carboxylic acids is 1. The Bertz CT molecular complexity index is 728. The van der Waals surface area contributed by atoms with E-state index in [0.717, 1.165) is 22.0 Å². The number of hydrogen-bond acceptors (Lipinski definition) is 3. The first-order valence-electron chi connectivity index (χ1n) is 7.41. The summed E-state index contributed by atoms with van der Waals surface area (Å²) in [6.07, 6.45) is 0.817. The van der Waals surface area contributed by atoms with E-state index >= 15 is 0 Å². The van der Waals surface area contributed by atoms with Crippen molar-refractivity contribution < 1.29 is 14.3 Å². The molecule has 0 saturated heterocycles. The van der Waals surface area contributed by atoms with E-state index in [0.29, 0.717) is 30.2 Å². The van der Waals surface area contributed by atoms with Gasteiger partial charge in [-0.2, -0.15) is 0 Å². The number of carbonyl (C=O) groups is 1. The molecule has 1 aliphatic heterocycles. The topological polar surface area (TPSA) is 38.8 Å². The summed E-state index contributed by atoms with van der Waals surface area (Å²) in [5.74, 6) is 1.29. The van der Waals surface area contributed by atoms with Crippen LogP contribution in [0.2, 0.25) is 0 Å². The van der Waals surface area contributed by atoms with Crippen molar-refractivity contribution in [2.45, 2.75) is 13.0 Å². The van der Waals surface area contributed by atoms with Crippen molar-refractivity contribution in [2.24, 2.45) is 0 Å². The molecule has 0 spiro atoms. The third kappa shape index (κ3) is 3.20. The molecule has 0 radical (unpaired) electrons. The van der Waals surface area contributed by atoms with Crippen LogP contribution in [-0.2, 0) is 13.0 Å². The summed E-state index contributed by atoms with van der Waals surface area (Å²) < 4.78 is 11.7. The van der Waals surface area contributed by atoms with Crippen molar-refractivity contribution in [2.75, 3.05) is 20.8 Å². The highest BCUT2D eigenvalue weighted by molar-refractivity contribution is 9.10. The first-order chi connectivity index (χ1) is 11.1. The molecule has 0 saturated carbocycles. The average molecular weight is 376 g/mol. The Morgan fingerprint density at radius 3 is 2.39 bits per heavy atom. The number of amides is 1. The van der Waals surface area contributed by atoms with E-state index < -0.39 is 0 Å². The number of methoxy groups -OCH3 is 2. The second kappa shape index (κ2) is 6.62. The number of rotatable bonds is 4. The van der Waals surface area contributed by atoms with Crippen molar-refractivity contribution >= 4 is 21.8 Å². The van der Waals surface area contributed by atoms with Gasteiger partial charge in [0.05, 0.1) is 14.2 Å². The molecule has 2 aromatic carbocycles. The maximum Gasteiger partial charge on any atom is 0.254 e. The van der Waals surface area contributed by atoms with Gasteiger partial charge in [0.2, 0.25) is 0 Å². The molecule has 0 aliphatic carbocycles. The van der Waals surface area contributed by atoms with Crippen molar-refractivity contribution in [1.29, 1.82) is 0 Å². The first kappa shape index (κ1) is 15.9. The summed E-state index contributed by atoms with van der Waals surface area (Å²) in [6.45, 7) is 1.32. The molecule has 120 valence electrons. The molecular formula is C18H18BrNO3. The van der Waals surface area contributed by atoms with Crippen LogP contribution in [0, 0.1) is 0 Å². The number of halogens is 1. The molecule has 5 heteroatoms. The summed E-state index contributed by atoms with van der Waals surface area (Å²) in [5, 5.41) is 0. The molecule has 1 aliphatic rings. The van der Waals surface area contributed by atoms with Gasteiger partial charge in [0.15, 0.2) is 11.5 Å². The zero-order valence-corrected chi connectivity index (χ0v) is 14.7. The molecule has 1 heterocycles. The lowest BCUT2D eigenvalue weighted by Gasteiger charge is -2.29. The minimum Gasteiger partial charge on any atom is -0.493 e. The lowest BCUT2D eigenvalue weighted by molar-refractivity contribution is 0.0726. The van der Waals surface area contributed by atoms with Crippen LogP contribution in [0.25, 0.3) is 0 Å². The molecule has 4 nitrogen and oxygen atoms in total. The Morgan fingerprint density at radius 1 is 1.09 bits per heavy atom. The number of fused-ring (bicyclic) bond motifs is 1. The molecule has 0 bridgehead atoms. The summed E-state index contributed by atoms with van der Waals surface area (Å²) in [7, 11) is 3.19. The molecule has 0 fully saturated rings. The molecule has 0 aromatic heterocycles. The van der Waals surface area contributed by atoms with Gasteiger partial charge in [-0.15, -0.1) is 0 Å². The Balaban J connectivity index is 1.86. The molecule has 0 N–H and O–H groups in total. The maximum atomic E-state index is 12.8. The Kier molecular flexibility index (Phi) is 4.57. The standard InChI is InChI=1S/C18H18BrNO3/c1-22-16-9-13-7-8-20(11-12-3-5-14(19)6-4-12)18(21)15(13)10-17(16)23-2/h3-6,9-10H,7-8,11H2,1-2H3. The summed E-state index contributed by atoms with van der Waals surface area (Å²) in [5.41, 5.74) is 2.83. The average Bonchev–Trinajstić information content (AvgIpc) is 2.58. The number of ether oxygens (including phenoxy) is 2. The Labute approximate surface area is 144 Å². The predicted octanol–water partition coefficient (Wildman–Crippen LogP) is 3.66. The minimum absolute atomic E-state index is 0.0371. The van der Waals surface area contributed by atoms with E-state index in [4.69, 9.17) is 9.47 Å². The lowest BCUT2D eigenvalue weighted by atomic mass is 9.97. The molecule has 3 rings (SSSR count). The SMILES string of the molecule is COc1cc2c(cc1OC)C(=O)N(Cc1ccc(Br)cc1)CC2. The van der Waals surface area contributed by atoms with E-state index in [2.05, 4.69) is 15.9 Å². The lowest BCUT2D eigenvalue weighted by Crippen LogP contribution is -2.37. The quantitative estimate of drug-likeness (QED) is 0.818. The summed E-state index contributed by atoms with van der Waals surface area (Å²) in [4.78, 5) is 14.6. The normalized spacial score (nSPS) is 13.7. The number of benzene rings is 2. The zero-order valence-electron chi connectivity index (χ0n) is 13.1. The van der Waals surface area contributed by atoms with Crippen LogP contribution in [-0.4, -0.2) is 31.6 Å². The fraction of sp³-hybridized carbons (Fsp3) is 0.278. The highest BCUT2D eigenvalue weighted by Crippen LogP contribution is 2.33. The van der Waals surface area contributed by atoms with Gasteiger partial charge in [0.1, 0.15) is 0 Å². The van der Waals surface area contributed by atoms with Gasteiger partial charge in [-0.3, -0.25) is 4.79 Å². The zero-order chi connectivity index (χ0) is 16.4. The highest BCUT2D eigenvalue weighted by atomic mass is 79.9. The van der Waals surface area contributed by atoms with Crippen LogP contribution in [0.15, 0.2) is 40.9 Å². The van der Waals surface area contributed by atoms with Gasteiger partial charge < -0.3 is 14.4 Å². The summed E-state index contributed by atoms with van der Waals surface area (Å²) in [6, 6.07) is 11.7. The van der Waals surface area contributed by atoms with Crippen LogP contribution in [0.3, 0.4) is 0 Å². The summed E-state index contributed by atoms with van der Waals surface area (Å²) >= 11 is 3.43. The third-order valence-corrected chi connectivity index (χ3v) is 4.59. The number of nitrogens with zero attached hydrogens (tertiary/aromatic N) is 1. The molecule has 0 unspecified atom stereocenters. The second-order valence-electron chi connectivity index (χ2n) is 5.47. The third-order valence-electron chi connectivity index (χ3n) is 4.06. The van der Waals surface area contributed by atoms with Gasteiger partial charge in [-0.1, -0.05) is 28.1 Å². The van der Waals surface area contributed by atoms with Crippen LogP contribution in [0.1, 0.15) is 21.5 Å². The largest absolute Gasteiger partial charge is 0.493 e. The Hall–Kier alpha value is -2.01. The number of hydrogen-bond donors (Lipinski definition) is 0. The van der Waals surface area contributed by atoms with Gasteiger partial charge >= 0.3 is 0 Å². The van der Waals surface area contributed by atoms with Crippen LogP contribution in [0.4, 0.5) is 0 Å². The molecule has 1 amide bonds. The smallest absolute Gasteiger partial charge is 0.254 e. The van der Waals surface area contributed by atoms with Gasteiger partial charge in [-0.25, -0.2) is 0 Å². The molecule has 0 atom stereocenters. The first-order valence-corrected chi connectivity index (χ1v) is 8.20. The maximum absolute atomic E-state index is 12.8. The molecule has 23 heavy (non-hydrogen) atoms. The van der Waals surface area contributed by atoms with Crippen molar-refractivity contribution in [3.05, 3.63) is 57.6 Å². The van der Waals surface area contributed by atoms with Gasteiger partial charge in [0, 0.05) is 23.1 Å². The highest BCUT2D eigenvalue weighted by Gasteiger charge is 2.26. The monoisotopic (exact) mass is 375 g/mol. The van der Waals surface area contributed by atoms with E-state index in [1.807, 2.05) is 35.2 Å². The van der Waals surface area contributed by atoms with Crippen LogP contribution >= 0.6 is 15.9 Å². The molecule has 2 aromatic rings. The van der Waals surface area contributed by atoms with Crippen molar-refractivity contribution in [1.82, 2.24) is 4.90 Å². The van der Waals surface area contributed by atoms with Gasteiger partial charge in [-0.05, 0) is 41.8 Å². The van der Waals surface area contributed by atoms with E-state index in [-0.39, 0.29) is 5.91 Å². The fourth-order valence-electron chi connectivity index (χ4n) is 2.82. The van der Waals surface area contributed by atoms with Crippen LogP contribution < -0.4 is 9.47 Å². The predicted molar refractivity (Wildman–Crippen MR) is 92.1 cm³/mol. The van der Waals surface area contributed by atoms with Crippen molar-refractivity contribution in [3.8, 4) is 11.5 Å². The molecular weight excluding hydrogens is 358 g/mol. The Morgan fingerprint density at radius 2 is 1.74 bits per heavy atom. The van der Waals surface area contributed by atoms with Crippen LogP contribution in [0.5, 0.6) is 11.5 Å². The van der Waals surface area contributed by atoms with Gasteiger partial charge in [0.25, 0.3) is 5.91 Å². The van der Waals surface area contributed by atoms with E-state index in [1.165, 1.54) is 0 Å². The minimum atomic E-state index is 0.0371. The van der Waals surface area contributed by atoms with E-state index in [9.17, 15) is 4.79 Å². The van der Waals surface area contributed by atoms with E-state index in [1.54, 1.807) is 20.3 Å². The fourth-order valence-corrected chi connectivity index (χ4v) is 3.08. The van der Waals surface area contributed by atoms with Crippen molar-refractivity contribution in [3.63, 3.8) is 0 Å².